The molecule has 0 nitrogen and oxygen atoms in total. The van der Waals surface area contributed by atoms with Gasteiger partial charge < -0.3 is 0 Å². The van der Waals surface area contributed by atoms with Crippen molar-refractivity contribution in [3.63, 3.8) is 0 Å². The van der Waals surface area contributed by atoms with E-state index in [0.717, 1.165) is 0 Å². The van der Waals surface area contributed by atoms with Crippen LogP contribution in [0.25, 0.3) is 0 Å². The molecule has 0 atom stereocenters. The molecule has 0 radical (unpaired) electrons. The maximum atomic E-state index is 5.04. The molecule has 0 aliphatic heterocycles. The van der Waals surface area contributed by atoms with Crippen LogP contribution in [0.15, 0.2) is 0 Å². The first-order valence-corrected chi connectivity index (χ1v) is 1.89. The Labute approximate surface area is 64.1 Å². The fraction of sp³-hybridized carbons (Fsp3) is 1.00. The molecule has 28 valence electrons. The van der Waals surface area contributed by atoms with E-state index in [2.05, 4.69) is 0 Å². The van der Waals surface area contributed by atoms with E-state index >= 15 is 0 Å². The third-order valence-corrected chi connectivity index (χ3v) is 0. The molecule has 0 aromatic rings. The first kappa shape index (κ1) is 9.77. The Morgan fingerprint density at radius 1 is 1.40 bits per heavy atom. The molecular weight excluding hydrogens is 118 g/mol. The van der Waals surface area contributed by atoms with Gasteiger partial charge in [-0.25, -0.2) is 0 Å². The normalized spacial score (nSPS) is 7.20. The van der Waals surface area contributed by atoms with E-state index in [1.54, 1.807) is 6.92 Å². The molecule has 0 spiro atoms. The van der Waals surface area contributed by atoms with Gasteiger partial charge in [0, 0.05) is 0 Å². The first-order chi connectivity index (χ1) is 1.73. The van der Waals surface area contributed by atoms with Crippen LogP contribution in [0.4, 0.5) is 0 Å². The zero-order valence-electron chi connectivity index (χ0n) is 2.33. The van der Waals surface area contributed by atoms with Crippen LogP contribution in [0.1, 0.15) is 6.92 Å². The summed E-state index contributed by atoms with van der Waals surface area (Å²) in [5, 5.41) is 0. The van der Waals surface area contributed by atoms with Gasteiger partial charge in [0.1, 0.15) is 4.84 Å². The number of halogens is 2. The van der Waals surface area contributed by atoms with E-state index in [1.807, 2.05) is 0 Å². The topological polar surface area (TPSA) is 0 Å². The summed E-state index contributed by atoms with van der Waals surface area (Å²) in [6.45, 7) is 1.70. The van der Waals surface area contributed by atoms with Crippen molar-refractivity contribution in [3.8, 4) is 0 Å². The fourth-order valence-corrected chi connectivity index (χ4v) is 0. The van der Waals surface area contributed by atoms with E-state index in [4.69, 9.17) is 23.2 Å². The summed E-state index contributed by atoms with van der Waals surface area (Å²) in [6.07, 6.45) is 0. The molecule has 0 saturated heterocycles. The molecule has 5 heavy (non-hydrogen) atoms. The summed E-state index contributed by atoms with van der Waals surface area (Å²) in [4.78, 5) is -0.222. The average molecular weight is 123 g/mol. The zero-order valence-corrected chi connectivity index (χ0v) is 3.85. The Morgan fingerprint density at radius 3 is 1.40 bits per heavy atom. The molecule has 0 aromatic heterocycles. The molecule has 0 fully saturated rings. The van der Waals surface area contributed by atoms with Crippen molar-refractivity contribution in [3.05, 3.63) is 0 Å². The van der Waals surface area contributed by atoms with Gasteiger partial charge in [-0.3, -0.25) is 0 Å². The van der Waals surface area contributed by atoms with Crippen molar-refractivity contribution in [2.24, 2.45) is 0 Å². The number of hydrogen-bond acceptors (Lipinski definition) is 0. The number of alkyl halides is 2. The van der Waals surface area contributed by atoms with Gasteiger partial charge in [0.25, 0.3) is 0 Å². The van der Waals surface area contributed by atoms with Crippen LogP contribution in [-0.4, -0.2) is 34.4 Å². The molecule has 0 N–H and O–H groups in total. The summed E-state index contributed by atoms with van der Waals surface area (Å²) >= 11 is 10.1. The SMILES string of the molecule is CC(Cl)Cl.[NaH]. The third kappa shape index (κ3) is 28.6. The van der Waals surface area contributed by atoms with Crippen molar-refractivity contribution in [1.82, 2.24) is 0 Å². The molecular formula is C2H5Cl2Na. The second-order valence-electron chi connectivity index (χ2n) is 0.519. The van der Waals surface area contributed by atoms with E-state index in [0.29, 0.717) is 0 Å². The molecule has 0 aliphatic carbocycles. The predicted octanol–water partition coefficient (Wildman–Crippen LogP) is 1.16. The molecule has 0 saturated carbocycles. The van der Waals surface area contributed by atoms with Crippen LogP contribution in [0.5, 0.6) is 0 Å². The Balaban J connectivity index is 0. The minimum absolute atomic E-state index is 0. The number of hydrogen-bond donors (Lipinski definition) is 0. The second kappa shape index (κ2) is 5.58. The van der Waals surface area contributed by atoms with Gasteiger partial charge >= 0.3 is 29.6 Å². The van der Waals surface area contributed by atoms with Gasteiger partial charge in [0.15, 0.2) is 0 Å². The van der Waals surface area contributed by atoms with Gasteiger partial charge in [0.2, 0.25) is 0 Å². The van der Waals surface area contributed by atoms with Gasteiger partial charge in [-0.05, 0) is 6.92 Å². The van der Waals surface area contributed by atoms with Crippen molar-refractivity contribution in [2.75, 3.05) is 0 Å². The number of rotatable bonds is 0. The van der Waals surface area contributed by atoms with Crippen molar-refractivity contribution in [2.45, 2.75) is 11.8 Å². The standard InChI is InChI=1S/C2H4Cl2.Na.H/c1-2(3)4;;/h2H,1H3;;. The summed E-state index contributed by atoms with van der Waals surface area (Å²) in [7, 11) is 0. The molecule has 0 heterocycles. The van der Waals surface area contributed by atoms with Gasteiger partial charge in [-0.15, -0.1) is 23.2 Å². The van der Waals surface area contributed by atoms with Crippen LogP contribution in [0.3, 0.4) is 0 Å². The minimum atomic E-state index is -0.222. The van der Waals surface area contributed by atoms with E-state index in [1.165, 1.54) is 0 Å². The Hall–Kier alpha value is 1.58. The summed E-state index contributed by atoms with van der Waals surface area (Å²) in [6, 6.07) is 0. The molecule has 0 aliphatic rings. The average Bonchev–Trinajstić information content (AvgIpc) is 0.811. The summed E-state index contributed by atoms with van der Waals surface area (Å²) < 4.78 is 0. The van der Waals surface area contributed by atoms with E-state index < -0.39 is 0 Å². The third-order valence-electron chi connectivity index (χ3n) is 0. The zero-order chi connectivity index (χ0) is 3.58. The molecule has 0 aromatic carbocycles. The van der Waals surface area contributed by atoms with Crippen LogP contribution >= 0.6 is 23.2 Å². The van der Waals surface area contributed by atoms with Crippen LogP contribution < -0.4 is 0 Å². The van der Waals surface area contributed by atoms with Crippen molar-refractivity contribution < 1.29 is 0 Å². The fourth-order valence-electron chi connectivity index (χ4n) is 0. The van der Waals surface area contributed by atoms with Crippen molar-refractivity contribution in [1.29, 1.82) is 0 Å². The maximum absolute atomic E-state index is 5.04. The van der Waals surface area contributed by atoms with Gasteiger partial charge in [-0.2, -0.15) is 0 Å². The molecule has 0 bridgehead atoms. The summed E-state index contributed by atoms with van der Waals surface area (Å²) in [5.74, 6) is 0. The summed E-state index contributed by atoms with van der Waals surface area (Å²) in [5.41, 5.74) is 0. The van der Waals surface area contributed by atoms with Crippen LogP contribution in [0.2, 0.25) is 0 Å². The second-order valence-corrected chi connectivity index (χ2v) is 2.05. The molecule has 0 unspecified atom stereocenters. The van der Waals surface area contributed by atoms with E-state index in [-0.39, 0.29) is 34.4 Å². The quantitative estimate of drug-likeness (QED) is 0.335. The monoisotopic (exact) mass is 122 g/mol. The van der Waals surface area contributed by atoms with Crippen molar-refractivity contribution >= 4 is 52.8 Å². The molecule has 0 rings (SSSR count). The van der Waals surface area contributed by atoms with Crippen LogP contribution in [-0.2, 0) is 0 Å². The Bertz CT molecular complexity index is 12.4. The Kier molecular flexibility index (Phi) is 10.9. The molecule has 3 heteroatoms. The van der Waals surface area contributed by atoms with Gasteiger partial charge in [0.05, 0.1) is 0 Å². The predicted molar refractivity (Wildman–Crippen MR) is 28.3 cm³/mol. The van der Waals surface area contributed by atoms with E-state index in [9.17, 15) is 0 Å². The molecule has 0 amide bonds. The van der Waals surface area contributed by atoms with Gasteiger partial charge in [-0.1, -0.05) is 0 Å². The first-order valence-electron chi connectivity index (χ1n) is 1.01. The Morgan fingerprint density at radius 2 is 1.40 bits per heavy atom. The van der Waals surface area contributed by atoms with Crippen LogP contribution in [0, 0.1) is 0 Å².